The maximum atomic E-state index is 9.79. The van der Waals surface area contributed by atoms with E-state index in [1.165, 1.54) is 34.2 Å². The molecule has 0 aromatic heterocycles. The highest BCUT2D eigenvalue weighted by molar-refractivity contribution is 5.56. The predicted octanol–water partition coefficient (Wildman–Crippen LogP) is 8.39. The van der Waals surface area contributed by atoms with Crippen LogP contribution in [0.4, 0.5) is 0 Å². The molecule has 0 spiro atoms. The van der Waals surface area contributed by atoms with Gasteiger partial charge in [0.25, 0.3) is 0 Å². The van der Waals surface area contributed by atoms with Crippen molar-refractivity contribution in [1.29, 1.82) is 0 Å². The Morgan fingerprint density at radius 1 is 1.00 bits per heavy atom. The zero-order valence-corrected chi connectivity index (χ0v) is 25.6. The second-order valence-corrected chi connectivity index (χ2v) is 10.2. The molecule has 3 unspecified atom stereocenters. The van der Waals surface area contributed by atoms with Crippen molar-refractivity contribution in [2.75, 3.05) is 13.7 Å². The number of benzene rings is 2. The summed E-state index contributed by atoms with van der Waals surface area (Å²) in [6.45, 7) is 15.9. The van der Waals surface area contributed by atoms with E-state index in [0.29, 0.717) is 6.10 Å². The van der Waals surface area contributed by atoms with Crippen molar-refractivity contribution >= 4 is 6.08 Å². The molecule has 3 fully saturated rings. The van der Waals surface area contributed by atoms with Crippen LogP contribution in [0.15, 0.2) is 42.5 Å². The zero-order valence-electron chi connectivity index (χ0n) is 25.6. The van der Waals surface area contributed by atoms with Crippen LogP contribution in [0.25, 0.3) is 6.08 Å². The van der Waals surface area contributed by atoms with Crippen molar-refractivity contribution in [1.82, 2.24) is 0 Å². The predicted molar refractivity (Wildman–Crippen MR) is 165 cm³/mol. The van der Waals surface area contributed by atoms with Crippen molar-refractivity contribution in [2.24, 2.45) is 0 Å². The summed E-state index contributed by atoms with van der Waals surface area (Å²) in [5.41, 5.74) is 6.26. The molecular weight excluding hydrogens is 484 g/mol. The molecule has 1 N–H and O–H groups in total. The van der Waals surface area contributed by atoms with Crippen LogP contribution in [0.1, 0.15) is 101 Å². The van der Waals surface area contributed by atoms with Gasteiger partial charge in [0, 0.05) is 11.8 Å². The first-order valence-corrected chi connectivity index (χ1v) is 14.5. The lowest BCUT2D eigenvalue weighted by Gasteiger charge is -2.40. The summed E-state index contributed by atoms with van der Waals surface area (Å²) in [5.74, 6) is 0.936. The molecule has 39 heavy (non-hydrogen) atoms. The first-order valence-electron chi connectivity index (χ1n) is 14.5. The van der Waals surface area contributed by atoms with E-state index in [2.05, 4.69) is 90.8 Å². The fraction of sp³-hybridized carbons (Fsp3) is 0.543. The first-order chi connectivity index (χ1) is 18.8. The molecule has 216 valence electrons. The Hall–Kier alpha value is -2.58. The maximum Gasteiger partial charge on any atom is 0.160 e. The number of aryl methyl sites for hydroxylation is 2. The van der Waals surface area contributed by atoms with Gasteiger partial charge in [-0.3, -0.25) is 0 Å². The molecule has 5 rings (SSSR count). The molecule has 3 saturated heterocycles. The van der Waals surface area contributed by atoms with Crippen LogP contribution in [0.2, 0.25) is 0 Å². The number of hydrogen-bond donors (Lipinski definition) is 1. The van der Waals surface area contributed by atoms with Gasteiger partial charge in [0.2, 0.25) is 0 Å². The molecule has 3 aliphatic heterocycles. The monoisotopic (exact) mass is 536 g/mol. The lowest BCUT2D eigenvalue weighted by molar-refractivity contribution is -0.297. The Labute approximate surface area is 238 Å². The first kappa shape index (κ1) is 34.4. The summed E-state index contributed by atoms with van der Waals surface area (Å²) in [4.78, 5) is 0. The van der Waals surface area contributed by atoms with Gasteiger partial charge in [0.15, 0.2) is 6.29 Å². The SMILES string of the molecule is C#C.C1CC2CC(O1)O2.CCC.CCC(O)/C=C/c1ccc(C(CC)(CC)c2ccc(OC)c(C)c2)cc1C. The minimum Gasteiger partial charge on any atom is -0.496 e. The van der Waals surface area contributed by atoms with Crippen molar-refractivity contribution in [3.05, 3.63) is 70.3 Å². The molecular formula is C35H52O4. The third kappa shape index (κ3) is 9.53. The topological polar surface area (TPSA) is 47.9 Å². The van der Waals surface area contributed by atoms with Gasteiger partial charge in [-0.1, -0.05) is 83.5 Å². The van der Waals surface area contributed by atoms with Crippen molar-refractivity contribution in [2.45, 2.75) is 111 Å². The van der Waals surface area contributed by atoms with E-state index in [0.717, 1.165) is 44.5 Å². The van der Waals surface area contributed by atoms with E-state index in [1.807, 2.05) is 19.1 Å². The number of hydrogen-bond acceptors (Lipinski definition) is 4. The van der Waals surface area contributed by atoms with Crippen LogP contribution in [-0.2, 0) is 14.9 Å². The highest BCUT2D eigenvalue weighted by Crippen LogP contribution is 2.41. The third-order valence-corrected chi connectivity index (χ3v) is 7.44. The van der Waals surface area contributed by atoms with Crippen molar-refractivity contribution in [3.63, 3.8) is 0 Å². The molecule has 0 radical (unpaired) electrons. The zero-order chi connectivity index (χ0) is 29.4. The average Bonchev–Trinajstić information content (AvgIpc) is 2.95. The molecule has 2 aromatic carbocycles. The third-order valence-electron chi connectivity index (χ3n) is 7.44. The number of terminal acetylenes is 1. The smallest absolute Gasteiger partial charge is 0.160 e. The normalized spacial score (nSPS) is 18.2. The largest absolute Gasteiger partial charge is 0.496 e. The van der Waals surface area contributed by atoms with Gasteiger partial charge < -0.3 is 19.3 Å². The Bertz CT molecular complexity index is 999. The lowest BCUT2D eigenvalue weighted by Crippen LogP contribution is -2.45. The summed E-state index contributed by atoms with van der Waals surface area (Å²) in [6, 6.07) is 13.3. The van der Waals surface area contributed by atoms with E-state index in [9.17, 15) is 5.11 Å². The van der Waals surface area contributed by atoms with Crippen LogP contribution < -0.4 is 4.74 Å². The number of fused-ring (bicyclic) bond motifs is 2. The van der Waals surface area contributed by atoms with E-state index >= 15 is 0 Å². The second kappa shape index (κ2) is 17.9. The molecule has 3 aliphatic rings. The highest BCUT2D eigenvalue weighted by Gasteiger charge is 2.34. The number of methoxy groups -OCH3 is 1. The van der Waals surface area contributed by atoms with Crippen LogP contribution in [0.3, 0.4) is 0 Å². The number of rotatable bonds is 8. The minimum absolute atomic E-state index is 0.00698. The van der Waals surface area contributed by atoms with E-state index in [-0.39, 0.29) is 17.8 Å². The summed E-state index contributed by atoms with van der Waals surface area (Å²) in [6.07, 6.45) is 18.6. The van der Waals surface area contributed by atoms with Gasteiger partial charge >= 0.3 is 0 Å². The van der Waals surface area contributed by atoms with E-state index < -0.39 is 0 Å². The van der Waals surface area contributed by atoms with Crippen molar-refractivity contribution in [3.8, 4) is 18.6 Å². The van der Waals surface area contributed by atoms with Gasteiger partial charge in [-0.25, -0.2) is 0 Å². The number of aliphatic hydroxyl groups excluding tert-OH is 1. The van der Waals surface area contributed by atoms with Crippen molar-refractivity contribution < 1.29 is 19.3 Å². The summed E-state index contributed by atoms with van der Waals surface area (Å²) < 4.78 is 15.7. The number of ether oxygens (including phenoxy) is 3. The molecule has 0 aliphatic carbocycles. The molecule has 0 saturated carbocycles. The van der Waals surface area contributed by atoms with Gasteiger partial charge in [-0.05, 0) is 73.4 Å². The maximum absolute atomic E-state index is 9.79. The Morgan fingerprint density at radius 2 is 1.56 bits per heavy atom. The molecule has 4 heteroatoms. The van der Waals surface area contributed by atoms with E-state index in [1.54, 1.807) is 7.11 Å². The van der Waals surface area contributed by atoms with Gasteiger partial charge in [0.1, 0.15) is 5.75 Å². The average molecular weight is 537 g/mol. The Morgan fingerprint density at radius 3 is 1.92 bits per heavy atom. The molecule has 2 bridgehead atoms. The van der Waals surface area contributed by atoms with Crippen LogP contribution >= 0.6 is 0 Å². The Kier molecular flexibility index (Phi) is 15.8. The molecule has 4 nitrogen and oxygen atoms in total. The number of aliphatic hydroxyl groups is 1. The summed E-state index contributed by atoms with van der Waals surface area (Å²) in [7, 11) is 1.72. The molecule has 0 amide bonds. The van der Waals surface area contributed by atoms with Crippen LogP contribution in [-0.4, -0.2) is 37.3 Å². The highest BCUT2D eigenvalue weighted by atomic mass is 16.7. The fourth-order valence-electron chi connectivity index (χ4n) is 4.96. The van der Waals surface area contributed by atoms with Crippen LogP contribution in [0, 0.1) is 26.7 Å². The molecule has 3 atom stereocenters. The summed E-state index contributed by atoms with van der Waals surface area (Å²) >= 11 is 0. The van der Waals surface area contributed by atoms with Gasteiger partial charge in [-0.15, -0.1) is 12.8 Å². The molecule has 2 aromatic rings. The lowest BCUT2D eigenvalue weighted by atomic mass is 9.70. The van der Waals surface area contributed by atoms with E-state index in [4.69, 9.17) is 14.2 Å². The Balaban J connectivity index is 0.000000520. The standard InChI is InChI=1S/C25H34O2.C5H8O2.C3H8.C2H2/c1-7-23(26)14-11-20-10-12-21(16-18(20)4)25(8-2,9-3)22-13-15-24(27-6)19(5)17-22;1-2-6-5-3-4(1)7-5;1-3-2;1-2/h10-17,23,26H,7-9H2,1-6H3;4-5H,1-3H2;3H2,1-2H3;1-2H/b14-11+;;;. The fourth-order valence-corrected chi connectivity index (χ4v) is 4.96. The van der Waals surface area contributed by atoms with Gasteiger partial charge in [0.05, 0.1) is 25.9 Å². The molecule has 3 heterocycles. The minimum atomic E-state index is -0.378. The summed E-state index contributed by atoms with van der Waals surface area (Å²) in [5, 5.41) is 9.79. The van der Waals surface area contributed by atoms with Gasteiger partial charge in [-0.2, -0.15) is 0 Å². The van der Waals surface area contributed by atoms with Crippen LogP contribution in [0.5, 0.6) is 5.75 Å². The quantitative estimate of drug-likeness (QED) is 0.344. The second-order valence-electron chi connectivity index (χ2n) is 10.2.